The number of aliphatic imine (C=N–C) groups is 1. The fourth-order valence-corrected chi connectivity index (χ4v) is 2.88. The van der Waals surface area contributed by atoms with Crippen molar-refractivity contribution in [1.29, 1.82) is 0 Å². The van der Waals surface area contributed by atoms with Crippen molar-refractivity contribution in [2.75, 3.05) is 12.4 Å². The van der Waals surface area contributed by atoms with Crippen LogP contribution in [0.1, 0.15) is 12.0 Å². The number of anilines is 1. The van der Waals surface area contributed by atoms with E-state index in [1.54, 1.807) is 18.2 Å². The van der Waals surface area contributed by atoms with E-state index in [-0.39, 0.29) is 18.0 Å². The van der Waals surface area contributed by atoms with Crippen LogP contribution in [0.5, 0.6) is 0 Å². The molecule has 4 nitrogen and oxygen atoms in total. The van der Waals surface area contributed by atoms with Gasteiger partial charge in [-0.2, -0.15) is 0 Å². The van der Waals surface area contributed by atoms with E-state index in [2.05, 4.69) is 4.99 Å². The molecule has 1 aromatic carbocycles. The summed E-state index contributed by atoms with van der Waals surface area (Å²) >= 11 is 6.16. The van der Waals surface area contributed by atoms with Gasteiger partial charge >= 0.3 is 0 Å². The topological polar surface area (TPSA) is 73.6 Å². The molecule has 1 fully saturated rings. The molecule has 3 atom stereocenters. The van der Waals surface area contributed by atoms with Crippen molar-refractivity contribution >= 4 is 23.3 Å². The molecule has 1 unspecified atom stereocenters. The summed E-state index contributed by atoms with van der Waals surface area (Å²) in [6.45, 7) is -0.665. The number of nitrogens with two attached hydrogens (primary N) is 2. The van der Waals surface area contributed by atoms with Crippen LogP contribution < -0.4 is 11.5 Å². The van der Waals surface area contributed by atoms with E-state index in [4.69, 9.17) is 27.8 Å². The minimum absolute atomic E-state index is 0.0184. The number of halogens is 2. The average Bonchev–Trinajstić information content (AvgIpc) is 3.10. The summed E-state index contributed by atoms with van der Waals surface area (Å²) in [6.07, 6.45) is 0.676. The molecule has 4 N–H and O–H groups in total. The van der Waals surface area contributed by atoms with E-state index in [0.717, 1.165) is 6.42 Å². The third-order valence-corrected chi connectivity index (χ3v) is 3.92. The van der Waals surface area contributed by atoms with E-state index in [0.29, 0.717) is 16.3 Å². The van der Waals surface area contributed by atoms with Gasteiger partial charge in [-0.25, -0.2) is 9.38 Å². The standard InChI is InChI=1S/C12H13ClFN3O/c13-9-2-1-6(15)3-7(9)12(5-14)8-4-10(8)18-11(16)17-12/h1-3,8,10H,4-5,15H2,(H2,16,17)/t8-,10?,12+/m1/s1. The maximum Gasteiger partial charge on any atom is 0.283 e. The highest BCUT2D eigenvalue weighted by Gasteiger charge is 2.59. The predicted molar refractivity (Wildman–Crippen MR) is 68.1 cm³/mol. The molecule has 2 aliphatic rings. The molecule has 18 heavy (non-hydrogen) atoms. The second-order valence-corrected chi connectivity index (χ2v) is 5.15. The Hall–Kier alpha value is -1.49. The van der Waals surface area contributed by atoms with Crippen molar-refractivity contribution in [3.8, 4) is 0 Å². The minimum atomic E-state index is -1.04. The van der Waals surface area contributed by atoms with Crippen molar-refractivity contribution in [1.82, 2.24) is 0 Å². The largest absolute Gasteiger partial charge is 0.462 e. The molecule has 1 saturated carbocycles. The zero-order valence-corrected chi connectivity index (χ0v) is 10.3. The highest BCUT2D eigenvalue weighted by molar-refractivity contribution is 6.31. The number of hydrogen-bond acceptors (Lipinski definition) is 4. The van der Waals surface area contributed by atoms with Gasteiger partial charge in [-0.3, -0.25) is 0 Å². The Morgan fingerprint density at radius 3 is 3.00 bits per heavy atom. The lowest BCUT2D eigenvalue weighted by Crippen LogP contribution is -2.39. The monoisotopic (exact) mass is 269 g/mol. The number of benzene rings is 1. The lowest BCUT2D eigenvalue weighted by Gasteiger charge is -2.31. The van der Waals surface area contributed by atoms with Gasteiger partial charge in [0.1, 0.15) is 18.3 Å². The summed E-state index contributed by atoms with van der Waals surface area (Å²) in [5, 5.41) is 0.450. The molecule has 1 aliphatic heterocycles. The van der Waals surface area contributed by atoms with Crippen molar-refractivity contribution < 1.29 is 9.13 Å². The van der Waals surface area contributed by atoms with Crippen molar-refractivity contribution in [3.63, 3.8) is 0 Å². The summed E-state index contributed by atoms with van der Waals surface area (Å²) in [4.78, 5) is 4.18. The quantitative estimate of drug-likeness (QED) is 0.805. The van der Waals surface area contributed by atoms with Crippen LogP contribution in [-0.2, 0) is 10.3 Å². The van der Waals surface area contributed by atoms with E-state index in [9.17, 15) is 4.39 Å². The summed E-state index contributed by atoms with van der Waals surface area (Å²) in [5.74, 6) is -0.0194. The number of nitrogens with zero attached hydrogens (tertiary/aromatic N) is 1. The van der Waals surface area contributed by atoms with Crippen molar-refractivity contribution in [3.05, 3.63) is 28.8 Å². The Kier molecular flexibility index (Phi) is 2.41. The smallest absolute Gasteiger partial charge is 0.283 e. The first-order valence-electron chi connectivity index (χ1n) is 5.70. The molecular formula is C12H13ClFN3O. The normalized spacial score (nSPS) is 33.3. The number of fused-ring (bicyclic) bond motifs is 1. The first kappa shape index (κ1) is 11.6. The first-order valence-corrected chi connectivity index (χ1v) is 6.08. The van der Waals surface area contributed by atoms with Gasteiger partial charge in [-0.15, -0.1) is 0 Å². The molecule has 6 heteroatoms. The zero-order valence-electron chi connectivity index (χ0n) is 9.57. The third kappa shape index (κ3) is 1.54. The van der Waals surface area contributed by atoms with Gasteiger partial charge in [0, 0.05) is 22.2 Å². The Morgan fingerprint density at radius 1 is 1.50 bits per heavy atom. The Morgan fingerprint density at radius 2 is 2.28 bits per heavy atom. The lowest BCUT2D eigenvalue weighted by atomic mass is 9.86. The molecule has 0 aromatic heterocycles. The molecule has 96 valence electrons. The van der Waals surface area contributed by atoms with Crippen LogP contribution in [0.25, 0.3) is 0 Å². The highest BCUT2D eigenvalue weighted by Crippen LogP contribution is 2.54. The molecule has 0 saturated heterocycles. The summed E-state index contributed by atoms with van der Waals surface area (Å²) in [7, 11) is 0. The number of rotatable bonds is 2. The molecule has 1 aliphatic carbocycles. The van der Waals surface area contributed by atoms with Gasteiger partial charge in [-0.05, 0) is 24.6 Å². The predicted octanol–water partition coefficient (Wildman–Crippen LogP) is 1.82. The molecule has 3 rings (SSSR count). The maximum absolute atomic E-state index is 13.7. The van der Waals surface area contributed by atoms with Crippen LogP contribution in [0.4, 0.5) is 10.1 Å². The molecule has 0 amide bonds. The second kappa shape index (κ2) is 3.75. The fraction of sp³-hybridized carbons (Fsp3) is 0.417. The van der Waals surface area contributed by atoms with E-state index in [1.807, 2.05) is 0 Å². The Bertz CT molecular complexity index is 536. The molecule has 0 radical (unpaired) electrons. The van der Waals surface area contributed by atoms with Gasteiger partial charge in [0.15, 0.2) is 0 Å². The summed E-state index contributed by atoms with van der Waals surface area (Å²) in [5.41, 5.74) is 11.4. The van der Waals surface area contributed by atoms with Gasteiger partial charge in [0.25, 0.3) is 6.02 Å². The van der Waals surface area contributed by atoms with E-state index in [1.165, 1.54) is 0 Å². The van der Waals surface area contributed by atoms with Crippen LogP contribution in [0.15, 0.2) is 23.2 Å². The van der Waals surface area contributed by atoms with Crippen LogP contribution in [0.3, 0.4) is 0 Å². The van der Waals surface area contributed by atoms with Gasteiger partial charge in [0.05, 0.1) is 0 Å². The molecule has 0 spiro atoms. The fourth-order valence-electron chi connectivity index (χ4n) is 2.60. The minimum Gasteiger partial charge on any atom is -0.462 e. The first-order chi connectivity index (χ1) is 8.56. The number of amidine groups is 1. The van der Waals surface area contributed by atoms with Crippen molar-refractivity contribution in [2.45, 2.75) is 18.1 Å². The maximum atomic E-state index is 13.7. The molecule has 0 bridgehead atoms. The van der Waals surface area contributed by atoms with Gasteiger partial charge in [-0.1, -0.05) is 11.6 Å². The molecule has 1 heterocycles. The van der Waals surface area contributed by atoms with Crippen LogP contribution in [0.2, 0.25) is 5.02 Å². The summed E-state index contributed by atoms with van der Waals surface area (Å²) < 4.78 is 19.0. The number of ether oxygens (including phenoxy) is 1. The number of nitrogen functional groups attached to an aromatic ring is 1. The second-order valence-electron chi connectivity index (χ2n) is 4.75. The van der Waals surface area contributed by atoms with Gasteiger partial charge in [0.2, 0.25) is 0 Å². The Balaban J connectivity index is 2.16. The number of hydrogen-bond donors (Lipinski definition) is 2. The van der Waals surface area contributed by atoms with Gasteiger partial charge < -0.3 is 16.2 Å². The van der Waals surface area contributed by atoms with E-state index < -0.39 is 12.2 Å². The van der Waals surface area contributed by atoms with Crippen molar-refractivity contribution in [2.24, 2.45) is 16.6 Å². The lowest BCUT2D eigenvalue weighted by molar-refractivity contribution is 0.171. The average molecular weight is 270 g/mol. The Labute approximate surface area is 109 Å². The van der Waals surface area contributed by atoms with Crippen LogP contribution >= 0.6 is 11.6 Å². The zero-order chi connectivity index (χ0) is 12.9. The molecule has 1 aromatic rings. The van der Waals surface area contributed by atoms with E-state index >= 15 is 0 Å². The summed E-state index contributed by atoms with van der Waals surface area (Å²) in [6, 6.07) is 5.01. The van der Waals surface area contributed by atoms with Crippen LogP contribution in [0, 0.1) is 5.92 Å². The molecular weight excluding hydrogens is 257 g/mol. The van der Waals surface area contributed by atoms with Crippen LogP contribution in [-0.4, -0.2) is 18.8 Å². The highest BCUT2D eigenvalue weighted by atomic mass is 35.5. The SMILES string of the molecule is NC1=N[C@@](CF)(c2cc(N)ccc2Cl)[C@@H]2CC2O1. The third-order valence-electron chi connectivity index (χ3n) is 3.59. The number of alkyl halides is 1.